The summed E-state index contributed by atoms with van der Waals surface area (Å²) in [5.41, 5.74) is 6.69. The van der Waals surface area contributed by atoms with Gasteiger partial charge in [0.1, 0.15) is 17.7 Å². The first-order valence-electron chi connectivity index (χ1n) is 9.37. The van der Waals surface area contributed by atoms with Gasteiger partial charge in [-0.1, -0.05) is 12.2 Å². The van der Waals surface area contributed by atoms with Gasteiger partial charge in [-0.3, -0.25) is 9.69 Å². The molecule has 2 amide bonds. The van der Waals surface area contributed by atoms with Gasteiger partial charge in [0, 0.05) is 30.4 Å². The lowest BCUT2D eigenvalue weighted by Gasteiger charge is -2.17. The zero-order chi connectivity index (χ0) is 20.5. The van der Waals surface area contributed by atoms with E-state index in [9.17, 15) is 14.0 Å². The number of nitrogens with two attached hydrogens (primary N) is 1. The van der Waals surface area contributed by atoms with E-state index in [2.05, 4.69) is 22.0 Å². The summed E-state index contributed by atoms with van der Waals surface area (Å²) in [5.74, 6) is -0.806. The van der Waals surface area contributed by atoms with Crippen molar-refractivity contribution in [3.05, 3.63) is 54.5 Å². The van der Waals surface area contributed by atoms with Crippen molar-refractivity contribution in [2.75, 3.05) is 29.4 Å². The van der Waals surface area contributed by atoms with Crippen molar-refractivity contribution in [3.8, 4) is 11.1 Å². The predicted octanol–water partition coefficient (Wildman–Crippen LogP) is 2.71. The monoisotopic (exact) mass is 396 g/mol. The average molecular weight is 396 g/mol. The van der Waals surface area contributed by atoms with Gasteiger partial charge in [0.05, 0.1) is 18.2 Å². The minimum Gasteiger partial charge on any atom is -0.443 e. The van der Waals surface area contributed by atoms with Gasteiger partial charge in [-0.05, 0) is 37.3 Å². The highest BCUT2D eigenvalue weighted by Crippen LogP contribution is 2.30. The lowest BCUT2D eigenvalue weighted by Crippen LogP contribution is -2.34. The average Bonchev–Trinajstić information content (AvgIpc) is 3.37. The van der Waals surface area contributed by atoms with Crippen LogP contribution in [-0.2, 0) is 9.53 Å². The fourth-order valence-corrected chi connectivity index (χ4v) is 3.44. The summed E-state index contributed by atoms with van der Waals surface area (Å²) in [6.45, 7) is 3.37. The maximum absolute atomic E-state index is 14.8. The highest BCUT2D eigenvalue weighted by Gasteiger charge is 2.37. The van der Waals surface area contributed by atoms with Crippen molar-refractivity contribution in [1.82, 2.24) is 4.98 Å². The zero-order valence-electron chi connectivity index (χ0n) is 15.9. The van der Waals surface area contributed by atoms with E-state index in [4.69, 9.17) is 10.5 Å². The summed E-state index contributed by atoms with van der Waals surface area (Å²) in [4.78, 5) is 31.3. The number of hydrogen-bond donors (Lipinski definition) is 1. The molecule has 2 aliphatic rings. The molecule has 2 atom stereocenters. The van der Waals surface area contributed by atoms with E-state index >= 15 is 0 Å². The number of carbonyl (C=O) groups excluding carboxylic acids is 2. The summed E-state index contributed by atoms with van der Waals surface area (Å²) < 4.78 is 20.0. The highest BCUT2D eigenvalue weighted by molar-refractivity contribution is 5.91. The molecule has 0 saturated carbocycles. The Bertz CT molecular complexity index is 968. The number of halogens is 1. The maximum atomic E-state index is 14.8. The second kappa shape index (κ2) is 7.54. The van der Waals surface area contributed by atoms with Gasteiger partial charge in [0.2, 0.25) is 5.91 Å². The van der Waals surface area contributed by atoms with Crippen LogP contribution >= 0.6 is 0 Å². The van der Waals surface area contributed by atoms with Crippen LogP contribution in [0.3, 0.4) is 0 Å². The molecule has 8 heteroatoms. The number of primary amides is 1. The molecular formula is C21H21FN4O3. The molecule has 2 unspecified atom stereocenters. The quantitative estimate of drug-likeness (QED) is 0.785. The summed E-state index contributed by atoms with van der Waals surface area (Å²) in [6.07, 6.45) is 4.51. The van der Waals surface area contributed by atoms with E-state index in [1.54, 1.807) is 25.3 Å². The third kappa shape index (κ3) is 3.65. The number of benzene rings is 1. The highest BCUT2D eigenvalue weighted by atomic mass is 19.1. The van der Waals surface area contributed by atoms with Crippen molar-refractivity contribution in [2.45, 2.75) is 13.0 Å². The zero-order valence-corrected chi connectivity index (χ0v) is 15.9. The van der Waals surface area contributed by atoms with E-state index in [1.165, 1.54) is 11.0 Å². The SMILES string of the molecule is CC(C(N)=O)C1CN(c2ccc(-c3ccc(N4CC=CC4)nc3)c(F)c2)C(=O)O1. The van der Waals surface area contributed by atoms with Gasteiger partial charge >= 0.3 is 6.09 Å². The number of ether oxygens (including phenoxy) is 1. The summed E-state index contributed by atoms with van der Waals surface area (Å²) in [6, 6.07) is 8.23. The number of carbonyl (C=O) groups is 2. The Morgan fingerprint density at radius 2 is 2.03 bits per heavy atom. The molecule has 2 aliphatic heterocycles. The number of rotatable bonds is 5. The van der Waals surface area contributed by atoms with Gasteiger partial charge in [0.25, 0.3) is 0 Å². The van der Waals surface area contributed by atoms with E-state index < -0.39 is 29.8 Å². The van der Waals surface area contributed by atoms with Crippen molar-refractivity contribution in [1.29, 1.82) is 0 Å². The molecule has 0 bridgehead atoms. The normalized spacial score (nSPS) is 19.5. The Balaban J connectivity index is 1.52. The summed E-state index contributed by atoms with van der Waals surface area (Å²) in [7, 11) is 0. The van der Waals surface area contributed by atoms with Crippen LogP contribution < -0.4 is 15.5 Å². The predicted molar refractivity (Wildman–Crippen MR) is 107 cm³/mol. The molecule has 1 saturated heterocycles. The van der Waals surface area contributed by atoms with Crippen LogP contribution in [0.25, 0.3) is 11.1 Å². The van der Waals surface area contributed by atoms with Crippen LogP contribution in [0.5, 0.6) is 0 Å². The van der Waals surface area contributed by atoms with Gasteiger partial charge < -0.3 is 15.4 Å². The Kier molecular flexibility index (Phi) is 4.92. The molecule has 1 aromatic carbocycles. The molecule has 0 aliphatic carbocycles. The number of aromatic nitrogens is 1. The van der Waals surface area contributed by atoms with Crippen LogP contribution in [0.2, 0.25) is 0 Å². The van der Waals surface area contributed by atoms with Gasteiger partial charge in [-0.25, -0.2) is 14.2 Å². The molecular weight excluding hydrogens is 375 g/mol. The molecule has 0 radical (unpaired) electrons. The van der Waals surface area contributed by atoms with Crippen LogP contribution in [-0.4, -0.2) is 42.7 Å². The minimum atomic E-state index is -0.653. The molecule has 2 N–H and O–H groups in total. The standard InChI is InChI=1S/C21H21FN4O3/c1-13(20(23)27)18-12-26(21(28)29-18)15-5-6-16(17(22)10-15)14-4-7-19(24-11-14)25-8-2-3-9-25/h2-7,10-11,13,18H,8-9,12H2,1H3,(H2,23,27). The van der Waals surface area contributed by atoms with E-state index in [-0.39, 0.29) is 6.54 Å². The van der Waals surface area contributed by atoms with Crippen molar-refractivity contribution < 1.29 is 18.7 Å². The molecule has 4 rings (SSSR count). The van der Waals surface area contributed by atoms with Gasteiger partial charge in [-0.15, -0.1) is 0 Å². The number of nitrogens with zero attached hydrogens (tertiary/aromatic N) is 3. The molecule has 7 nitrogen and oxygen atoms in total. The third-order valence-corrected chi connectivity index (χ3v) is 5.31. The Hall–Kier alpha value is -3.42. The largest absolute Gasteiger partial charge is 0.443 e. The van der Waals surface area contributed by atoms with Crippen LogP contribution in [0.4, 0.5) is 20.7 Å². The first-order chi connectivity index (χ1) is 13.9. The first kappa shape index (κ1) is 18.9. The molecule has 2 aromatic rings. The maximum Gasteiger partial charge on any atom is 0.414 e. The molecule has 1 aromatic heterocycles. The Morgan fingerprint density at radius 1 is 1.28 bits per heavy atom. The Labute approximate surface area is 167 Å². The van der Waals surface area contributed by atoms with Crippen molar-refractivity contribution in [3.63, 3.8) is 0 Å². The number of amides is 2. The number of cyclic esters (lactones) is 1. The molecule has 29 heavy (non-hydrogen) atoms. The smallest absolute Gasteiger partial charge is 0.414 e. The Morgan fingerprint density at radius 3 is 2.66 bits per heavy atom. The third-order valence-electron chi connectivity index (χ3n) is 5.31. The fraction of sp³-hybridized carbons (Fsp3) is 0.286. The van der Waals surface area contributed by atoms with Crippen molar-refractivity contribution in [2.24, 2.45) is 11.7 Å². The molecule has 0 spiro atoms. The topological polar surface area (TPSA) is 88.8 Å². The lowest BCUT2D eigenvalue weighted by atomic mass is 10.0. The van der Waals surface area contributed by atoms with Gasteiger partial charge in [0.15, 0.2) is 0 Å². The molecule has 3 heterocycles. The fourth-order valence-electron chi connectivity index (χ4n) is 3.44. The van der Waals surface area contributed by atoms with Crippen LogP contribution in [0.1, 0.15) is 6.92 Å². The number of hydrogen-bond acceptors (Lipinski definition) is 5. The first-order valence-corrected chi connectivity index (χ1v) is 9.37. The minimum absolute atomic E-state index is 0.141. The second-order valence-electron chi connectivity index (χ2n) is 7.17. The van der Waals surface area contributed by atoms with Gasteiger partial charge in [-0.2, -0.15) is 0 Å². The number of anilines is 2. The second-order valence-corrected chi connectivity index (χ2v) is 7.17. The van der Waals surface area contributed by atoms with Crippen LogP contribution in [0.15, 0.2) is 48.7 Å². The van der Waals surface area contributed by atoms with Crippen LogP contribution in [0, 0.1) is 11.7 Å². The van der Waals surface area contributed by atoms with E-state index in [0.29, 0.717) is 16.8 Å². The summed E-state index contributed by atoms with van der Waals surface area (Å²) in [5, 5.41) is 0. The molecule has 150 valence electrons. The number of pyridine rings is 1. The lowest BCUT2D eigenvalue weighted by molar-refractivity contribution is -0.123. The molecule has 1 fully saturated rings. The van der Waals surface area contributed by atoms with E-state index in [1.807, 2.05) is 12.1 Å². The summed E-state index contributed by atoms with van der Waals surface area (Å²) >= 11 is 0. The van der Waals surface area contributed by atoms with Crippen molar-refractivity contribution >= 4 is 23.5 Å². The van der Waals surface area contributed by atoms with E-state index in [0.717, 1.165) is 18.9 Å².